The van der Waals surface area contributed by atoms with Gasteiger partial charge in [-0.2, -0.15) is 0 Å². The molecule has 0 bridgehead atoms. The molecule has 2 aliphatic rings. The van der Waals surface area contributed by atoms with Crippen molar-refractivity contribution in [3.05, 3.63) is 0 Å². The molecule has 21 heavy (non-hydrogen) atoms. The second-order valence-electron chi connectivity index (χ2n) is 6.65. The number of amides is 1. The number of carbonyl (C=O) groups is 1. The first-order chi connectivity index (χ1) is 9.93. The van der Waals surface area contributed by atoms with Crippen LogP contribution in [0.1, 0.15) is 32.6 Å². The average Bonchev–Trinajstić information content (AvgIpc) is 2.49. The van der Waals surface area contributed by atoms with Gasteiger partial charge in [0.15, 0.2) is 0 Å². The van der Waals surface area contributed by atoms with Crippen molar-refractivity contribution in [2.24, 2.45) is 23.5 Å². The van der Waals surface area contributed by atoms with Crippen LogP contribution in [0.5, 0.6) is 0 Å². The lowest BCUT2D eigenvalue weighted by Crippen LogP contribution is -2.51. The van der Waals surface area contributed by atoms with Crippen LogP contribution in [0.2, 0.25) is 0 Å². The van der Waals surface area contributed by atoms with Gasteiger partial charge in [0, 0.05) is 30.4 Å². The first-order valence-electron chi connectivity index (χ1n) is 7.90. The summed E-state index contributed by atoms with van der Waals surface area (Å²) in [6.45, 7) is 2.92. The van der Waals surface area contributed by atoms with Crippen molar-refractivity contribution < 1.29 is 15.0 Å². The number of likely N-dealkylation sites (tertiary alicyclic amines) is 1. The zero-order valence-corrected chi connectivity index (χ0v) is 13.4. The van der Waals surface area contributed by atoms with Crippen LogP contribution < -0.4 is 5.73 Å². The van der Waals surface area contributed by atoms with Crippen LogP contribution in [0.25, 0.3) is 0 Å². The van der Waals surface area contributed by atoms with E-state index in [0.29, 0.717) is 31.3 Å². The Kier molecular flexibility index (Phi) is 5.88. The lowest BCUT2D eigenvalue weighted by atomic mass is 9.72. The zero-order chi connectivity index (χ0) is 15.6. The maximum atomic E-state index is 11.5. The van der Waals surface area contributed by atoms with Crippen LogP contribution in [-0.4, -0.2) is 58.2 Å². The van der Waals surface area contributed by atoms with Crippen molar-refractivity contribution in [2.45, 2.75) is 50.1 Å². The predicted molar refractivity (Wildman–Crippen MR) is 81.9 cm³/mol. The van der Waals surface area contributed by atoms with Gasteiger partial charge < -0.3 is 20.8 Å². The molecule has 1 amide bonds. The lowest BCUT2D eigenvalue weighted by molar-refractivity contribution is -0.135. The Bertz CT molecular complexity index is 361. The van der Waals surface area contributed by atoms with Gasteiger partial charge in [0.25, 0.3) is 0 Å². The molecule has 6 heteroatoms. The van der Waals surface area contributed by atoms with Crippen molar-refractivity contribution in [1.29, 1.82) is 0 Å². The van der Waals surface area contributed by atoms with Gasteiger partial charge in [-0.1, -0.05) is 6.92 Å². The van der Waals surface area contributed by atoms with Gasteiger partial charge in [0.05, 0.1) is 6.10 Å². The number of alkyl halides is 1. The standard InChI is InChI=1S/C15H27ClN2O3/c1-9-6-13(20)11(7-12(9)16)15(17)10-2-4-18(5-3-10)14(21)8-19/h9-13,15,19-20H,2-8,17H2,1H3/t9?,11?,12?,13?,15-/m1/s1. The van der Waals surface area contributed by atoms with Crippen LogP contribution >= 0.6 is 11.6 Å². The van der Waals surface area contributed by atoms with Gasteiger partial charge >= 0.3 is 0 Å². The Morgan fingerprint density at radius 3 is 2.57 bits per heavy atom. The number of hydrogen-bond donors (Lipinski definition) is 3. The number of aliphatic hydroxyl groups excluding tert-OH is 2. The van der Waals surface area contributed by atoms with Crippen LogP contribution in [0.15, 0.2) is 0 Å². The summed E-state index contributed by atoms with van der Waals surface area (Å²) >= 11 is 6.35. The quantitative estimate of drug-likeness (QED) is 0.664. The fourth-order valence-electron chi connectivity index (χ4n) is 3.75. The Hall–Kier alpha value is -0.360. The highest BCUT2D eigenvalue weighted by molar-refractivity contribution is 6.20. The monoisotopic (exact) mass is 318 g/mol. The fourth-order valence-corrected chi connectivity index (χ4v) is 4.06. The number of carbonyl (C=O) groups excluding carboxylic acids is 1. The van der Waals surface area contributed by atoms with E-state index < -0.39 is 6.61 Å². The summed E-state index contributed by atoms with van der Waals surface area (Å²) in [5.74, 6) is 0.474. The van der Waals surface area contributed by atoms with Crippen molar-refractivity contribution in [1.82, 2.24) is 4.90 Å². The van der Waals surface area contributed by atoms with E-state index in [9.17, 15) is 9.90 Å². The maximum absolute atomic E-state index is 11.5. The number of nitrogens with two attached hydrogens (primary N) is 1. The molecule has 2 fully saturated rings. The molecule has 1 aliphatic carbocycles. The van der Waals surface area contributed by atoms with Gasteiger partial charge in [-0.3, -0.25) is 4.79 Å². The third-order valence-corrected chi connectivity index (χ3v) is 5.90. The highest BCUT2D eigenvalue weighted by Gasteiger charge is 2.39. The van der Waals surface area contributed by atoms with Crippen molar-refractivity contribution >= 4 is 17.5 Å². The number of hydrogen-bond acceptors (Lipinski definition) is 4. The number of nitrogens with zero attached hydrogens (tertiary/aromatic N) is 1. The van der Waals surface area contributed by atoms with E-state index >= 15 is 0 Å². The first kappa shape index (κ1) is 17.0. The van der Waals surface area contributed by atoms with E-state index in [1.807, 2.05) is 0 Å². The molecular weight excluding hydrogens is 292 g/mol. The minimum Gasteiger partial charge on any atom is -0.393 e. The molecule has 4 unspecified atom stereocenters. The molecule has 122 valence electrons. The largest absolute Gasteiger partial charge is 0.393 e. The Balaban J connectivity index is 1.89. The highest BCUT2D eigenvalue weighted by atomic mass is 35.5. The van der Waals surface area contributed by atoms with Crippen LogP contribution in [0.4, 0.5) is 0 Å². The van der Waals surface area contributed by atoms with Gasteiger partial charge in [-0.15, -0.1) is 11.6 Å². The Labute approximate surface area is 131 Å². The third-order valence-electron chi connectivity index (χ3n) is 5.29. The first-order valence-corrected chi connectivity index (χ1v) is 8.34. The summed E-state index contributed by atoms with van der Waals surface area (Å²) < 4.78 is 0. The molecule has 0 radical (unpaired) electrons. The minimum atomic E-state index is -0.427. The SMILES string of the molecule is CC1CC(O)C([C@H](N)C2CCN(C(=O)CO)CC2)CC1Cl. The topological polar surface area (TPSA) is 86.8 Å². The summed E-state index contributed by atoms with van der Waals surface area (Å²) in [6, 6.07) is -0.0693. The Morgan fingerprint density at radius 1 is 1.38 bits per heavy atom. The van der Waals surface area contributed by atoms with E-state index in [4.69, 9.17) is 22.4 Å². The molecule has 0 aromatic rings. The minimum absolute atomic E-state index is 0.0498. The number of aliphatic hydroxyl groups is 2. The van der Waals surface area contributed by atoms with E-state index in [1.54, 1.807) is 4.90 Å². The predicted octanol–water partition coefficient (Wildman–Crippen LogP) is 0.559. The summed E-state index contributed by atoms with van der Waals surface area (Å²) in [6.07, 6.45) is 2.77. The molecule has 5 nitrogen and oxygen atoms in total. The summed E-state index contributed by atoms with van der Waals surface area (Å²) in [4.78, 5) is 13.2. The molecule has 1 saturated carbocycles. The summed E-state index contributed by atoms with van der Waals surface area (Å²) in [7, 11) is 0. The van der Waals surface area contributed by atoms with Gasteiger partial charge in [0.2, 0.25) is 5.91 Å². The lowest BCUT2D eigenvalue weighted by Gasteiger charge is -2.43. The smallest absolute Gasteiger partial charge is 0.248 e. The van der Waals surface area contributed by atoms with Crippen molar-refractivity contribution in [3.63, 3.8) is 0 Å². The third kappa shape index (κ3) is 3.89. The Morgan fingerprint density at radius 2 is 2.00 bits per heavy atom. The number of halogens is 1. The van der Waals surface area contributed by atoms with Crippen molar-refractivity contribution in [2.75, 3.05) is 19.7 Å². The van der Waals surface area contributed by atoms with Crippen LogP contribution in [-0.2, 0) is 4.79 Å². The molecule has 4 N–H and O–H groups in total. The molecule has 0 spiro atoms. The van der Waals surface area contributed by atoms with E-state index in [1.165, 1.54) is 0 Å². The van der Waals surface area contributed by atoms with E-state index in [-0.39, 0.29) is 29.3 Å². The van der Waals surface area contributed by atoms with E-state index in [0.717, 1.165) is 19.3 Å². The summed E-state index contributed by atoms with van der Waals surface area (Å²) in [5.41, 5.74) is 6.40. The molecule has 2 rings (SSSR count). The molecule has 5 atom stereocenters. The second kappa shape index (κ2) is 7.27. The molecule has 0 aromatic heterocycles. The normalized spacial score (nSPS) is 36.5. The molecule has 1 aliphatic heterocycles. The molecule has 0 aromatic carbocycles. The highest BCUT2D eigenvalue weighted by Crippen LogP contribution is 2.37. The molecule has 1 heterocycles. The molecule has 1 saturated heterocycles. The summed E-state index contributed by atoms with van der Waals surface area (Å²) in [5, 5.41) is 19.3. The van der Waals surface area contributed by atoms with Gasteiger partial charge in [-0.05, 0) is 37.5 Å². The average molecular weight is 319 g/mol. The van der Waals surface area contributed by atoms with Gasteiger partial charge in [0.1, 0.15) is 6.61 Å². The van der Waals surface area contributed by atoms with Crippen LogP contribution in [0, 0.1) is 17.8 Å². The zero-order valence-electron chi connectivity index (χ0n) is 12.6. The fraction of sp³-hybridized carbons (Fsp3) is 0.933. The second-order valence-corrected chi connectivity index (χ2v) is 7.21. The van der Waals surface area contributed by atoms with E-state index in [2.05, 4.69) is 6.92 Å². The molecular formula is C15H27ClN2O3. The number of rotatable bonds is 3. The van der Waals surface area contributed by atoms with Gasteiger partial charge in [-0.25, -0.2) is 0 Å². The number of piperidine rings is 1. The maximum Gasteiger partial charge on any atom is 0.248 e. The van der Waals surface area contributed by atoms with Crippen LogP contribution in [0.3, 0.4) is 0 Å². The van der Waals surface area contributed by atoms with Crippen molar-refractivity contribution in [3.8, 4) is 0 Å².